The van der Waals surface area contributed by atoms with Crippen LogP contribution in [0.3, 0.4) is 0 Å². The monoisotopic (exact) mass is 860 g/mol. The van der Waals surface area contributed by atoms with Crippen molar-refractivity contribution in [3.8, 4) is 6.01 Å². The van der Waals surface area contributed by atoms with Gasteiger partial charge < -0.3 is 25.0 Å². The third-order valence-electron chi connectivity index (χ3n) is 13.3. The van der Waals surface area contributed by atoms with Crippen molar-refractivity contribution in [3.63, 3.8) is 0 Å². The predicted octanol–water partition coefficient (Wildman–Crippen LogP) is 4.46. The minimum atomic E-state index is -4.71. The minimum Gasteiger partial charge on any atom is -0.459 e. The number of nitrogens with zero attached hydrogens (tertiary/aromatic N) is 3. The average Bonchev–Trinajstić information content (AvgIpc) is 3.99. The van der Waals surface area contributed by atoms with E-state index in [1.54, 1.807) is 6.08 Å². The van der Waals surface area contributed by atoms with Gasteiger partial charge in [-0.25, -0.2) is 13.2 Å². The molecular weight excluding hydrogens is 810 g/mol. The molecule has 1 aromatic carbocycles. The standard InChI is InChI=1S/C41H51F3N6O9S/c1-2-25-21-40(25,37(54)48-60(56,57)28-15-16-28)47-34(51)31-20-27-22-50(31)36(53)33(24-10-5-6-11-24)46-39(55)59-32-13-8-12-23(32)9-4-3-7-18-49-35(52)29-17-14-26(41(42,43)44)19-30(29)45-38(49)58-27/h3,7,14,17,19,23-25,27-28,31-33H,2,4-6,8-13,15-16,18,20-22H2,1H3,(H,46,55)(H,47,51)(H,48,54)/b7-3+/t23-,25-,27-,31+,32-,33+,40-/m1/s1. The molecule has 0 radical (unpaired) electrons. The molecule has 7 atom stereocenters. The molecule has 1 aromatic heterocycles. The van der Waals surface area contributed by atoms with Gasteiger partial charge in [-0.15, -0.1) is 0 Å². The molecule has 2 aliphatic heterocycles. The van der Waals surface area contributed by atoms with Crippen LogP contribution in [-0.2, 0) is 41.9 Å². The third kappa shape index (κ3) is 8.46. The molecule has 326 valence electrons. The molecule has 0 spiro atoms. The van der Waals surface area contributed by atoms with Gasteiger partial charge in [0.25, 0.3) is 17.5 Å². The van der Waals surface area contributed by atoms with Gasteiger partial charge in [0.2, 0.25) is 21.8 Å². The van der Waals surface area contributed by atoms with Crippen molar-refractivity contribution in [1.29, 1.82) is 0 Å². The Hall–Kier alpha value is -4.68. The second-order valence-electron chi connectivity index (χ2n) is 17.3. The first-order valence-electron chi connectivity index (χ1n) is 21.2. The minimum absolute atomic E-state index is 0.0477. The molecule has 60 heavy (non-hydrogen) atoms. The number of hydrogen-bond donors (Lipinski definition) is 3. The van der Waals surface area contributed by atoms with Gasteiger partial charge in [-0.05, 0) is 100 Å². The van der Waals surface area contributed by atoms with E-state index in [1.165, 1.54) is 9.47 Å². The zero-order chi connectivity index (χ0) is 42.6. The highest BCUT2D eigenvalue weighted by atomic mass is 32.2. The first-order chi connectivity index (χ1) is 28.6. The molecule has 2 aromatic rings. The molecule has 4 amide bonds. The van der Waals surface area contributed by atoms with Crippen LogP contribution < -0.4 is 25.7 Å². The molecule has 0 unspecified atom stereocenters. The van der Waals surface area contributed by atoms with Crippen LogP contribution in [0.1, 0.15) is 102 Å². The Labute approximate surface area is 345 Å². The number of nitrogens with one attached hydrogen (secondary N) is 3. The van der Waals surface area contributed by atoms with E-state index in [0.717, 1.165) is 43.9 Å². The second-order valence-corrected chi connectivity index (χ2v) is 19.3. The number of halogens is 3. The quantitative estimate of drug-likeness (QED) is 0.335. The molecule has 5 fully saturated rings. The molecule has 3 N–H and O–H groups in total. The van der Waals surface area contributed by atoms with E-state index in [2.05, 4.69) is 20.3 Å². The summed E-state index contributed by atoms with van der Waals surface area (Å²) in [5.74, 6) is -2.81. The van der Waals surface area contributed by atoms with Crippen molar-refractivity contribution in [1.82, 2.24) is 29.8 Å². The van der Waals surface area contributed by atoms with Crippen LogP contribution >= 0.6 is 0 Å². The van der Waals surface area contributed by atoms with Crippen molar-refractivity contribution < 1.29 is 50.2 Å². The normalized spacial score (nSPS) is 30.9. The highest BCUT2D eigenvalue weighted by Crippen LogP contribution is 2.47. The highest BCUT2D eigenvalue weighted by Gasteiger charge is 2.62. The summed E-state index contributed by atoms with van der Waals surface area (Å²) in [5, 5.41) is 4.90. The number of allylic oxidation sites excluding steroid dienone is 2. The fourth-order valence-electron chi connectivity index (χ4n) is 9.69. The largest absolute Gasteiger partial charge is 0.459 e. The SMILES string of the molecule is CC[C@@H]1C[C@]1(NC(=O)[C@@H]1C[C@@H]2CN1C(=O)[C@H](C1CCCC1)NC(=O)O[C@@H]1CCC[C@H]1CC/C=C/Cn1c(nc3cc(C(F)(F)F)ccc3c1=O)O2)C(=O)NS(=O)(=O)C1CC1. The lowest BCUT2D eigenvalue weighted by Gasteiger charge is -2.32. The zero-order valence-corrected chi connectivity index (χ0v) is 34.2. The van der Waals surface area contributed by atoms with E-state index >= 15 is 0 Å². The number of ether oxygens (including phenoxy) is 2. The first kappa shape index (κ1) is 42.0. The van der Waals surface area contributed by atoms with Gasteiger partial charge in [0.05, 0.1) is 28.3 Å². The number of benzene rings is 1. The summed E-state index contributed by atoms with van der Waals surface area (Å²) >= 11 is 0. The van der Waals surface area contributed by atoms with Gasteiger partial charge >= 0.3 is 12.3 Å². The van der Waals surface area contributed by atoms with Crippen molar-refractivity contribution in [2.24, 2.45) is 17.8 Å². The van der Waals surface area contributed by atoms with Crippen LogP contribution in [0, 0.1) is 17.8 Å². The first-order valence-corrected chi connectivity index (χ1v) is 22.7. The number of rotatable bonds is 7. The molecule has 2 bridgehead atoms. The topological polar surface area (TPSA) is 195 Å². The van der Waals surface area contributed by atoms with E-state index in [9.17, 15) is 45.6 Å². The van der Waals surface area contributed by atoms with E-state index in [0.29, 0.717) is 51.4 Å². The molecule has 1 saturated heterocycles. The third-order valence-corrected chi connectivity index (χ3v) is 15.2. The highest BCUT2D eigenvalue weighted by molar-refractivity contribution is 7.91. The molecule has 8 rings (SSSR count). The Balaban J connectivity index is 1.16. The zero-order valence-electron chi connectivity index (χ0n) is 33.4. The maximum Gasteiger partial charge on any atom is 0.416 e. The molecule has 4 aliphatic carbocycles. The number of alkyl carbamates (subject to hydrolysis) is 1. The molecule has 3 heterocycles. The summed E-state index contributed by atoms with van der Waals surface area (Å²) in [5.41, 5.74) is -3.47. The summed E-state index contributed by atoms with van der Waals surface area (Å²) in [6.45, 7) is 1.51. The van der Waals surface area contributed by atoms with Crippen molar-refractivity contribution >= 4 is 44.7 Å². The number of aromatic nitrogens is 2. The van der Waals surface area contributed by atoms with Crippen molar-refractivity contribution in [2.45, 2.75) is 145 Å². The second kappa shape index (κ2) is 16.3. The molecule has 19 heteroatoms. The number of hydrogen-bond acceptors (Lipinski definition) is 10. The van der Waals surface area contributed by atoms with Crippen LogP contribution in [0.2, 0.25) is 0 Å². The molecule has 4 saturated carbocycles. The lowest BCUT2D eigenvalue weighted by atomic mass is 9.96. The van der Waals surface area contributed by atoms with Crippen LogP contribution in [0.5, 0.6) is 6.01 Å². The lowest BCUT2D eigenvalue weighted by Crippen LogP contribution is -2.59. The Morgan fingerprint density at radius 3 is 2.43 bits per heavy atom. The number of alkyl halides is 3. The lowest BCUT2D eigenvalue weighted by molar-refractivity contribution is -0.142. The maximum absolute atomic E-state index is 14.9. The van der Waals surface area contributed by atoms with Crippen LogP contribution in [0.25, 0.3) is 10.9 Å². The number of fused-ring (bicyclic) bond motifs is 5. The summed E-state index contributed by atoms with van der Waals surface area (Å²) in [6, 6.07) is -0.0322. The molecular formula is C41H51F3N6O9S. The van der Waals surface area contributed by atoms with Gasteiger partial charge in [-0.1, -0.05) is 38.3 Å². The van der Waals surface area contributed by atoms with Gasteiger partial charge in [0.15, 0.2) is 0 Å². The molecule has 6 aliphatic rings. The van der Waals surface area contributed by atoms with E-state index in [-0.39, 0.29) is 66.7 Å². The van der Waals surface area contributed by atoms with E-state index < -0.39 is 80.1 Å². The Morgan fingerprint density at radius 2 is 1.73 bits per heavy atom. The van der Waals surface area contributed by atoms with Crippen LogP contribution in [0.15, 0.2) is 35.1 Å². The summed E-state index contributed by atoms with van der Waals surface area (Å²) in [7, 11) is -3.95. The number of sulfonamides is 1. The smallest absolute Gasteiger partial charge is 0.416 e. The van der Waals surface area contributed by atoms with Crippen molar-refractivity contribution in [2.75, 3.05) is 6.54 Å². The molecule has 15 nitrogen and oxygen atoms in total. The van der Waals surface area contributed by atoms with Crippen LogP contribution in [0.4, 0.5) is 18.0 Å². The Bertz CT molecular complexity index is 2240. The predicted molar refractivity (Wildman–Crippen MR) is 210 cm³/mol. The van der Waals surface area contributed by atoms with Gasteiger partial charge in [-0.3, -0.25) is 28.5 Å². The maximum atomic E-state index is 14.9. The fourth-order valence-corrected chi connectivity index (χ4v) is 11.1. The number of carbonyl (C=O) groups excluding carboxylic acids is 4. The van der Waals surface area contributed by atoms with Crippen LogP contribution in [-0.4, -0.2) is 88.3 Å². The Morgan fingerprint density at radius 1 is 0.983 bits per heavy atom. The fraction of sp³-hybridized carbons (Fsp3) is 0.659. The van der Waals surface area contributed by atoms with Gasteiger partial charge in [0, 0.05) is 13.0 Å². The van der Waals surface area contributed by atoms with E-state index in [4.69, 9.17) is 9.47 Å². The van der Waals surface area contributed by atoms with Gasteiger partial charge in [0.1, 0.15) is 29.8 Å². The summed E-state index contributed by atoms with van der Waals surface area (Å²) in [6.07, 6.45) is 4.53. The summed E-state index contributed by atoms with van der Waals surface area (Å²) < 4.78 is 82.7. The number of amides is 4. The van der Waals surface area contributed by atoms with E-state index in [1.807, 2.05) is 13.0 Å². The Kier molecular flexibility index (Phi) is 11.4. The average molecular weight is 861 g/mol. The van der Waals surface area contributed by atoms with Crippen molar-refractivity contribution in [3.05, 3.63) is 46.3 Å². The summed E-state index contributed by atoms with van der Waals surface area (Å²) in [4.78, 5) is 76.2. The number of carbonyl (C=O) groups is 4. The van der Waals surface area contributed by atoms with Gasteiger partial charge in [-0.2, -0.15) is 18.2 Å².